The molecule has 9 heteroatoms. The average molecular weight is 370 g/mol. The largest absolute Gasteiger partial charge is 0.468 e. The molecule has 2 amide bonds. The van der Waals surface area contributed by atoms with Gasteiger partial charge in [0.25, 0.3) is 0 Å². The number of amides is 2. The molecular formula is C15H18N2O5S2. The van der Waals surface area contributed by atoms with Gasteiger partial charge >= 0.3 is 11.8 Å². The van der Waals surface area contributed by atoms with E-state index in [2.05, 4.69) is 10.6 Å². The first-order valence-electron chi connectivity index (χ1n) is 7.33. The van der Waals surface area contributed by atoms with Crippen LogP contribution in [0.4, 0.5) is 0 Å². The Balaban J connectivity index is 2.14. The summed E-state index contributed by atoms with van der Waals surface area (Å²) < 4.78 is 30.9. The van der Waals surface area contributed by atoms with E-state index in [-0.39, 0.29) is 16.5 Å². The topological polar surface area (TPSA) is 105 Å². The van der Waals surface area contributed by atoms with Crippen LogP contribution in [0.25, 0.3) is 0 Å². The van der Waals surface area contributed by atoms with Crippen molar-refractivity contribution < 1.29 is 22.4 Å². The summed E-state index contributed by atoms with van der Waals surface area (Å²) in [5.41, 5.74) is 0. The minimum atomic E-state index is -3.74. The number of carbonyl (C=O) groups is 2. The Morgan fingerprint density at radius 3 is 2.54 bits per heavy atom. The molecule has 0 aliphatic carbocycles. The van der Waals surface area contributed by atoms with Crippen LogP contribution in [0.1, 0.15) is 24.4 Å². The standard InChI is InChI=1S/C15H18N2O5S2/c1-2-7-16-14(18)15(19)17-10-12(11-5-3-8-22-11)24(20,21)13-6-4-9-23-13/h3-6,8-9,12H,2,7,10H2,1H3,(H,16,18)(H,17,19). The fourth-order valence-electron chi connectivity index (χ4n) is 1.99. The van der Waals surface area contributed by atoms with Gasteiger partial charge in [0.2, 0.25) is 0 Å². The summed E-state index contributed by atoms with van der Waals surface area (Å²) in [6.45, 7) is 1.98. The van der Waals surface area contributed by atoms with E-state index in [1.165, 1.54) is 18.4 Å². The number of hydrogen-bond acceptors (Lipinski definition) is 6. The molecule has 24 heavy (non-hydrogen) atoms. The van der Waals surface area contributed by atoms with E-state index in [1.54, 1.807) is 17.5 Å². The number of rotatable bonds is 7. The molecule has 2 aromatic rings. The minimum Gasteiger partial charge on any atom is -0.468 e. The summed E-state index contributed by atoms with van der Waals surface area (Å²) in [6, 6.07) is 6.22. The number of furan rings is 1. The quantitative estimate of drug-likeness (QED) is 0.719. The van der Waals surface area contributed by atoms with Gasteiger partial charge < -0.3 is 15.1 Å². The van der Waals surface area contributed by atoms with Crippen LogP contribution in [0, 0.1) is 0 Å². The second kappa shape index (κ2) is 8.11. The molecule has 0 aliphatic rings. The Morgan fingerprint density at radius 2 is 1.96 bits per heavy atom. The van der Waals surface area contributed by atoms with Gasteiger partial charge in [0, 0.05) is 13.1 Å². The Bertz CT molecular complexity index is 767. The lowest BCUT2D eigenvalue weighted by Gasteiger charge is -2.15. The van der Waals surface area contributed by atoms with Crippen molar-refractivity contribution >= 4 is 33.0 Å². The lowest BCUT2D eigenvalue weighted by atomic mass is 10.3. The summed E-state index contributed by atoms with van der Waals surface area (Å²) in [5, 5.41) is 5.35. The zero-order valence-corrected chi connectivity index (χ0v) is 14.7. The zero-order valence-electron chi connectivity index (χ0n) is 13.0. The smallest absolute Gasteiger partial charge is 0.309 e. The molecule has 2 rings (SSSR count). The predicted molar refractivity (Wildman–Crippen MR) is 89.3 cm³/mol. The fourth-order valence-corrected chi connectivity index (χ4v) is 4.78. The van der Waals surface area contributed by atoms with Gasteiger partial charge in [0.15, 0.2) is 9.84 Å². The van der Waals surface area contributed by atoms with Crippen molar-refractivity contribution in [2.45, 2.75) is 22.8 Å². The highest BCUT2D eigenvalue weighted by Gasteiger charge is 2.33. The van der Waals surface area contributed by atoms with Crippen molar-refractivity contribution in [1.29, 1.82) is 0 Å². The van der Waals surface area contributed by atoms with E-state index >= 15 is 0 Å². The Kier molecular flexibility index (Phi) is 6.16. The predicted octanol–water partition coefficient (Wildman–Crippen LogP) is 1.50. The molecular weight excluding hydrogens is 352 g/mol. The van der Waals surface area contributed by atoms with Crippen molar-refractivity contribution in [3.05, 3.63) is 41.7 Å². The van der Waals surface area contributed by atoms with Crippen molar-refractivity contribution in [2.75, 3.05) is 13.1 Å². The van der Waals surface area contributed by atoms with E-state index in [4.69, 9.17) is 4.42 Å². The highest BCUT2D eigenvalue weighted by molar-refractivity contribution is 7.93. The van der Waals surface area contributed by atoms with Crippen LogP contribution in [-0.4, -0.2) is 33.3 Å². The summed E-state index contributed by atoms with van der Waals surface area (Å²) in [7, 11) is -3.74. The van der Waals surface area contributed by atoms with Gasteiger partial charge in [-0.2, -0.15) is 0 Å². The second-order valence-corrected chi connectivity index (χ2v) is 8.25. The molecule has 2 heterocycles. The fraction of sp³-hybridized carbons (Fsp3) is 0.333. The van der Waals surface area contributed by atoms with Crippen LogP contribution >= 0.6 is 11.3 Å². The third-order valence-corrected chi connectivity index (χ3v) is 6.69. The first kappa shape index (κ1) is 18.2. The summed E-state index contributed by atoms with van der Waals surface area (Å²) in [6.07, 6.45) is 2.06. The molecule has 0 bridgehead atoms. The molecule has 0 fully saturated rings. The van der Waals surface area contributed by atoms with Crippen molar-refractivity contribution in [3.8, 4) is 0 Å². The summed E-state index contributed by atoms with van der Waals surface area (Å²) in [4.78, 5) is 23.4. The summed E-state index contributed by atoms with van der Waals surface area (Å²) >= 11 is 1.09. The maximum Gasteiger partial charge on any atom is 0.309 e. The Labute approximate surface area is 144 Å². The highest BCUT2D eigenvalue weighted by Crippen LogP contribution is 2.31. The number of hydrogen-bond donors (Lipinski definition) is 2. The molecule has 2 aromatic heterocycles. The average Bonchev–Trinajstić information content (AvgIpc) is 3.25. The highest BCUT2D eigenvalue weighted by atomic mass is 32.2. The second-order valence-electron chi connectivity index (χ2n) is 4.95. The number of nitrogens with one attached hydrogen (secondary N) is 2. The molecule has 0 radical (unpaired) electrons. The first-order valence-corrected chi connectivity index (χ1v) is 9.76. The molecule has 0 spiro atoms. The minimum absolute atomic E-state index is 0.175. The first-order chi connectivity index (χ1) is 11.5. The van der Waals surface area contributed by atoms with Crippen molar-refractivity contribution in [3.63, 3.8) is 0 Å². The van der Waals surface area contributed by atoms with E-state index in [1.807, 2.05) is 6.92 Å². The lowest BCUT2D eigenvalue weighted by molar-refractivity contribution is -0.139. The Hall–Kier alpha value is -2.13. The third kappa shape index (κ3) is 4.24. The van der Waals surface area contributed by atoms with E-state index in [9.17, 15) is 18.0 Å². The lowest BCUT2D eigenvalue weighted by Crippen LogP contribution is -2.42. The molecule has 0 saturated heterocycles. The van der Waals surface area contributed by atoms with Crippen molar-refractivity contribution in [1.82, 2.24) is 10.6 Å². The van der Waals surface area contributed by atoms with E-state index < -0.39 is 26.9 Å². The maximum absolute atomic E-state index is 12.7. The molecule has 0 saturated carbocycles. The van der Waals surface area contributed by atoms with Gasteiger partial charge in [-0.3, -0.25) is 9.59 Å². The molecule has 2 N–H and O–H groups in total. The molecule has 1 unspecified atom stereocenters. The Morgan fingerprint density at radius 1 is 1.21 bits per heavy atom. The van der Waals surface area contributed by atoms with Gasteiger partial charge in [-0.25, -0.2) is 8.42 Å². The zero-order chi connectivity index (χ0) is 17.6. The van der Waals surface area contributed by atoms with Crippen LogP contribution < -0.4 is 10.6 Å². The SMILES string of the molecule is CCCNC(=O)C(=O)NCC(c1ccco1)S(=O)(=O)c1cccs1. The molecule has 7 nitrogen and oxygen atoms in total. The normalized spacial score (nSPS) is 12.5. The van der Waals surface area contributed by atoms with Gasteiger partial charge in [-0.15, -0.1) is 11.3 Å². The van der Waals surface area contributed by atoms with Gasteiger partial charge in [0.05, 0.1) is 6.26 Å². The third-order valence-electron chi connectivity index (χ3n) is 3.20. The van der Waals surface area contributed by atoms with Crippen molar-refractivity contribution in [2.24, 2.45) is 0 Å². The van der Waals surface area contributed by atoms with Gasteiger partial charge in [-0.05, 0) is 30.0 Å². The summed E-state index contributed by atoms with van der Waals surface area (Å²) in [5.74, 6) is -1.46. The van der Waals surface area contributed by atoms with Crippen LogP contribution in [0.5, 0.6) is 0 Å². The molecule has 0 aliphatic heterocycles. The number of thiophene rings is 1. The maximum atomic E-state index is 12.7. The number of carbonyl (C=O) groups excluding carboxylic acids is 2. The molecule has 130 valence electrons. The van der Waals surface area contributed by atoms with Gasteiger partial charge in [-0.1, -0.05) is 13.0 Å². The van der Waals surface area contributed by atoms with E-state index in [0.29, 0.717) is 13.0 Å². The van der Waals surface area contributed by atoms with Crippen LogP contribution in [0.3, 0.4) is 0 Å². The van der Waals surface area contributed by atoms with E-state index in [0.717, 1.165) is 11.3 Å². The van der Waals surface area contributed by atoms with Crippen LogP contribution in [-0.2, 0) is 19.4 Å². The van der Waals surface area contributed by atoms with Crippen LogP contribution in [0.15, 0.2) is 44.5 Å². The molecule has 0 aromatic carbocycles. The monoisotopic (exact) mass is 370 g/mol. The molecule has 1 atom stereocenters. The van der Waals surface area contributed by atoms with Gasteiger partial charge in [0.1, 0.15) is 15.2 Å². The van der Waals surface area contributed by atoms with Crippen LogP contribution in [0.2, 0.25) is 0 Å². The number of sulfone groups is 1.